The molecule has 21 heavy (non-hydrogen) atoms. The van der Waals surface area contributed by atoms with Gasteiger partial charge < -0.3 is 10.2 Å². The van der Waals surface area contributed by atoms with Gasteiger partial charge in [0.25, 0.3) is 0 Å². The molecule has 4 nitrogen and oxygen atoms in total. The van der Waals surface area contributed by atoms with Crippen LogP contribution in [-0.4, -0.2) is 22.1 Å². The number of anilines is 1. The molecule has 1 fully saturated rings. The van der Waals surface area contributed by atoms with Crippen LogP contribution in [-0.2, 0) is 13.1 Å². The van der Waals surface area contributed by atoms with Gasteiger partial charge in [0.05, 0.1) is 24.6 Å². The van der Waals surface area contributed by atoms with E-state index in [9.17, 15) is 0 Å². The van der Waals surface area contributed by atoms with Crippen LogP contribution in [0.1, 0.15) is 37.3 Å². The first-order valence-corrected chi connectivity index (χ1v) is 8.43. The van der Waals surface area contributed by atoms with E-state index in [1.54, 1.807) is 11.3 Å². The van der Waals surface area contributed by atoms with Gasteiger partial charge >= 0.3 is 0 Å². The second-order valence-electron chi connectivity index (χ2n) is 5.82. The summed E-state index contributed by atoms with van der Waals surface area (Å²) in [5.74, 6) is 0.952. The average Bonchev–Trinajstić information content (AvgIpc) is 3.17. The molecule has 1 aliphatic carbocycles. The van der Waals surface area contributed by atoms with Gasteiger partial charge in [-0.1, -0.05) is 6.07 Å². The normalized spacial score (nSPS) is 14.6. The van der Waals surface area contributed by atoms with E-state index in [0.29, 0.717) is 12.1 Å². The smallest absolute Gasteiger partial charge is 0.147 e. The Kier molecular flexibility index (Phi) is 4.51. The highest BCUT2D eigenvalue weighted by Gasteiger charge is 2.20. The summed E-state index contributed by atoms with van der Waals surface area (Å²) in [5, 5.41) is 5.58. The number of rotatable bonds is 7. The van der Waals surface area contributed by atoms with Crippen molar-refractivity contribution in [3.8, 4) is 0 Å². The van der Waals surface area contributed by atoms with Crippen LogP contribution in [0.3, 0.4) is 0 Å². The molecule has 0 radical (unpaired) electrons. The van der Waals surface area contributed by atoms with E-state index in [1.165, 1.54) is 17.7 Å². The molecule has 0 bridgehead atoms. The highest BCUT2D eigenvalue weighted by molar-refractivity contribution is 7.09. The molecular weight excluding hydrogens is 280 g/mol. The lowest BCUT2D eigenvalue weighted by molar-refractivity contribution is 0.658. The number of hydrogen-bond donors (Lipinski definition) is 1. The Hall–Kier alpha value is -1.46. The maximum absolute atomic E-state index is 4.61. The molecule has 2 aromatic heterocycles. The fourth-order valence-corrected chi connectivity index (χ4v) is 2.93. The van der Waals surface area contributed by atoms with E-state index in [1.807, 2.05) is 12.4 Å². The van der Waals surface area contributed by atoms with Crippen LogP contribution in [0.5, 0.6) is 0 Å². The summed E-state index contributed by atoms with van der Waals surface area (Å²) in [4.78, 5) is 12.8. The third-order valence-electron chi connectivity index (χ3n) is 3.66. The fraction of sp³-hybridized carbons (Fsp3) is 0.500. The van der Waals surface area contributed by atoms with Crippen molar-refractivity contribution in [1.29, 1.82) is 0 Å². The minimum absolute atomic E-state index is 0.400. The van der Waals surface area contributed by atoms with Crippen LogP contribution in [0.15, 0.2) is 29.9 Å². The highest BCUT2D eigenvalue weighted by atomic mass is 32.1. The number of thiophene rings is 1. The van der Waals surface area contributed by atoms with Gasteiger partial charge in [-0.3, -0.25) is 4.98 Å². The van der Waals surface area contributed by atoms with Crippen LogP contribution in [0.25, 0.3) is 0 Å². The molecule has 1 aliphatic rings. The molecule has 0 aliphatic heterocycles. The molecule has 3 rings (SSSR count). The van der Waals surface area contributed by atoms with Crippen molar-refractivity contribution in [2.75, 3.05) is 4.90 Å². The van der Waals surface area contributed by atoms with Crippen molar-refractivity contribution < 1.29 is 0 Å². The molecule has 0 unspecified atom stereocenters. The zero-order chi connectivity index (χ0) is 14.7. The second-order valence-corrected chi connectivity index (χ2v) is 6.85. The lowest BCUT2D eigenvalue weighted by atomic mass is 10.3. The molecule has 1 saturated carbocycles. The summed E-state index contributed by atoms with van der Waals surface area (Å²) in [6.45, 7) is 6.10. The van der Waals surface area contributed by atoms with Gasteiger partial charge in [-0.15, -0.1) is 11.3 Å². The highest BCUT2D eigenvalue weighted by Crippen LogP contribution is 2.21. The summed E-state index contributed by atoms with van der Waals surface area (Å²) >= 11 is 1.78. The molecule has 5 heteroatoms. The third kappa shape index (κ3) is 4.02. The summed E-state index contributed by atoms with van der Waals surface area (Å²) in [7, 11) is 0. The van der Waals surface area contributed by atoms with Crippen LogP contribution in [0, 0.1) is 0 Å². The Balaban J connectivity index is 1.66. The average molecular weight is 302 g/mol. The first-order valence-electron chi connectivity index (χ1n) is 7.55. The number of aromatic nitrogens is 2. The van der Waals surface area contributed by atoms with Crippen molar-refractivity contribution >= 4 is 17.2 Å². The van der Waals surface area contributed by atoms with Crippen LogP contribution < -0.4 is 10.2 Å². The Labute approximate surface area is 130 Å². The van der Waals surface area contributed by atoms with Crippen molar-refractivity contribution in [2.45, 2.75) is 51.9 Å². The van der Waals surface area contributed by atoms with Crippen molar-refractivity contribution in [3.63, 3.8) is 0 Å². The van der Waals surface area contributed by atoms with E-state index in [-0.39, 0.29) is 0 Å². The SMILES string of the molecule is CC(C)N(Cc1cccs1)c1cnc(CNC2CC2)cn1. The van der Waals surface area contributed by atoms with Gasteiger partial charge in [0.1, 0.15) is 5.82 Å². The minimum Gasteiger partial charge on any atom is -0.348 e. The van der Waals surface area contributed by atoms with E-state index in [2.05, 4.69) is 51.5 Å². The van der Waals surface area contributed by atoms with Gasteiger partial charge in [0, 0.05) is 23.5 Å². The number of nitrogens with zero attached hydrogens (tertiary/aromatic N) is 3. The summed E-state index contributed by atoms with van der Waals surface area (Å²) in [6, 6.07) is 5.37. The summed E-state index contributed by atoms with van der Waals surface area (Å²) < 4.78 is 0. The van der Waals surface area contributed by atoms with E-state index < -0.39 is 0 Å². The van der Waals surface area contributed by atoms with Gasteiger partial charge in [-0.05, 0) is 38.1 Å². The number of hydrogen-bond acceptors (Lipinski definition) is 5. The zero-order valence-corrected chi connectivity index (χ0v) is 13.4. The van der Waals surface area contributed by atoms with Gasteiger partial charge in [-0.2, -0.15) is 0 Å². The van der Waals surface area contributed by atoms with Crippen LogP contribution >= 0.6 is 11.3 Å². The molecular formula is C16H22N4S. The maximum Gasteiger partial charge on any atom is 0.147 e. The van der Waals surface area contributed by atoms with Crippen molar-refractivity contribution in [1.82, 2.24) is 15.3 Å². The van der Waals surface area contributed by atoms with Gasteiger partial charge in [0.2, 0.25) is 0 Å². The molecule has 0 amide bonds. The lowest BCUT2D eigenvalue weighted by Gasteiger charge is -2.27. The van der Waals surface area contributed by atoms with E-state index >= 15 is 0 Å². The zero-order valence-electron chi connectivity index (χ0n) is 12.6. The first kappa shape index (κ1) is 14.5. The first-order chi connectivity index (χ1) is 10.2. The monoisotopic (exact) mass is 302 g/mol. The Morgan fingerprint density at radius 1 is 1.33 bits per heavy atom. The Morgan fingerprint density at radius 2 is 2.19 bits per heavy atom. The second kappa shape index (κ2) is 6.54. The van der Waals surface area contributed by atoms with Crippen LogP contribution in [0.2, 0.25) is 0 Å². The van der Waals surface area contributed by atoms with Crippen molar-refractivity contribution in [3.05, 3.63) is 40.5 Å². The third-order valence-corrected chi connectivity index (χ3v) is 4.53. The predicted octanol–water partition coefficient (Wildman–Crippen LogP) is 3.21. The summed E-state index contributed by atoms with van der Waals surface area (Å²) in [6.07, 6.45) is 6.40. The molecule has 2 heterocycles. The standard InChI is InChI=1S/C16H22N4S/c1-12(2)20(11-15-4-3-7-21-15)16-10-18-14(9-19-16)8-17-13-5-6-13/h3-4,7,9-10,12-13,17H,5-6,8,11H2,1-2H3. The Morgan fingerprint density at radius 3 is 2.76 bits per heavy atom. The number of nitrogens with one attached hydrogen (secondary N) is 1. The maximum atomic E-state index is 4.61. The molecule has 0 spiro atoms. The molecule has 2 aromatic rings. The van der Waals surface area contributed by atoms with E-state index in [4.69, 9.17) is 0 Å². The fourth-order valence-electron chi connectivity index (χ4n) is 2.22. The largest absolute Gasteiger partial charge is 0.348 e. The van der Waals surface area contributed by atoms with Gasteiger partial charge in [-0.25, -0.2) is 4.98 Å². The van der Waals surface area contributed by atoms with E-state index in [0.717, 1.165) is 24.6 Å². The molecule has 0 atom stereocenters. The minimum atomic E-state index is 0.400. The van der Waals surface area contributed by atoms with Crippen LogP contribution in [0.4, 0.5) is 5.82 Å². The molecule has 1 N–H and O–H groups in total. The summed E-state index contributed by atoms with van der Waals surface area (Å²) in [5.41, 5.74) is 1.02. The topological polar surface area (TPSA) is 41.1 Å². The lowest BCUT2D eigenvalue weighted by Crippen LogP contribution is -2.30. The predicted molar refractivity (Wildman–Crippen MR) is 87.5 cm³/mol. The molecule has 0 saturated heterocycles. The van der Waals surface area contributed by atoms with Crippen molar-refractivity contribution in [2.24, 2.45) is 0 Å². The molecule has 0 aromatic carbocycles. The Bertz CT molecular complexity index is 546. The molecule has 112 valence electrons. The van der Waals surface area contributed by atoms with Gasteiger partial charge in [0.15, 0.2) is 0 Å². The quantitative estimate of drug-likeness (QED) is 0.853.